The van der Waals surface area contributed by atoms with Crippen molar-refractivity contribution in [3.05, 3.63) is 60.4 Å². The lowest BCUT2D eigenvalue weighted by Gasteiger charge is -2.36. The van der Waals surface area contributed by atoms with Gasteiger partial charge in [0.25, 0.3) is 0 Å². The number of rotatable bonds is 7. The van der Waals surface area contributed by atoms with E-state index in [0.717, 1.165) is 43.3 Å². The van der Waals surface area contributed by atoms with Crippen LogP contribution in [0.2, 0.25) is 0 Å². The first-order valence-electron chi connectivity index (χ1n) is 9.34. The number of thioether (sulfide) groups is 1. The molecule has 144 valence electrons. The Labute approximate surface area is 164 Å². The van der Waals surface area contributed by atoms with Crippen LogP contribution in [0.5, 0.6) is 0 Å². The highest BCUT2D eigenvalue weighted by atomic mass is 32.2. The maximum absolute atomic E-state index is 13.0. The molecule has 0 radical (unpaired) electrons. The van der Waals surface area contributed by atoms with Crippen LogP contribution in [0.4, 0.5) is 10.1 Å². The van der Waals surface area contributed by atoms with E-state index in [0.29, 0.717) is 6.54 Å². The molecule has 0 aromatic heterocycles. The van der Waals surface area contributed by atoms with Crippen molar-refractivity contribution >= 4 is 23.4 Å². The van der Waals surface area contributed by atoms with Crippen LogP contribution in [0.1, 0.15) is 6.92 Å². The minimum Gasteiger partial charge on any atom is -0.369 e. The second-order valence-electron chi connectivity index (χ2n) is 6.67. The Morgan fingerprint density at radius 1 is 1.07 bits per heavy atom. The standard InChI is InChI=1S/C21H26FN3OS/c1-17(27-20-5-3-2-4-6-20)21(26)23-11-12-24-13-15-25(16-14-24)19-9-7-18(22)8-10-19/h2-10,17H,11-16H2,1H3,(H,23,26). The molecule has 1 unspecified atom stereocenters. The molecular formula is C21H26FN3OS. The van der Waals surface area contributed by atoms with Gasteiger partial charge in [-0.15, -0.1) is 11.8 Å². The molecule has 1 aliphatic heterocycles. The van der Waals surface area contributed by atoms with Crippen LogP contribution in [-0.2, 0) is 4.79 Å². The lowest BCUT2D eigenvalue weighted by atomic mass is 10.2. The second kappa shape index (κ2) is 9.76. The lowest BCUT2D eigenvalue weighted by Crippen LogP contribution is -2.48. The summed E-state index contributed by atoms with van der Waals surface area (Å²) in [6.45, 7) is 7.18. The minimum absolute atomic E-state index is 0.0776. The van der Waals surface area contributed by atoms with Crippen molar-refractivity contribution in [1.82, 2.24) is 10.2 Å². The van der Waals surface area contributed by atoms with Gasteiger partial charge in [-0.25, -0.2) is 4.39 Å². The fraction of sp³-hybridized carbons (Fsp3) is 0.381. The van der Waals surface area contributed by atoms with E-state index in [9.17, 15) is 9.18 Å². The average molecular weight is 388 g/mol. The zero-order valence-electron chi connectivity index (χ0n) is 15.6. The highest BCUT2D eigenvalue weighted by Gasteiger charge is 2.18. The fourth-order valence-corrected chi connectivity index (χ4v) is 4.03. The monoisotopic (exact) mass is 387 g/mol. The van der Waals surface area contributed by atoms with Crippen LogP contribution >= 0.6 is 11.8 Å². The first kappa shape index (κ1) is 19.7. The summed E-state index contributed by atoms with van der Waals surface area (Å²) in [5, 5.41) is 2.93. The van der Waals surface area contributed by atoms with Crippen LogP contribution in [0.15, 0.2) is 59.5 Å². The maximum atomic E-state index is 13.0. The molecular weight excluding hydrogens is 361 g/mol. The number of piperazine rings is 1. The van der Waals surface area contributed by atoms with Crippen LogP contribution in [-0.4, -0.2) is 55.3 Å². The molecule has 2 aromatic rings. The largest absolute Gasteiger partial charge is 0.369 e. The van der Waals surface area contributed by atoms with Gasteiger partial charge in [-0.2, -0.15) is 0 Å². The first-order chi connectivity index (χ1) is 13.1. The molecule has 1 saturated heterocycles. The Balaban J connectivity index is 1.35. The van der Waals surface area contributed by atoms with E-state index in [1.54, 1.807) is 11.8 Å². The van der Waals surface area contributed by atoms with E-state index < -0.39 is 0 Å². The number of benzene rings is 2. The van der Waals surface area contributed by atoms with Crippen molar-refractivity contribution in [3.8, 4) is 0 Å². The molecule has 0 saturated carbocycles. The Kier molecular flexibility index (Phi) is 7.12. The number of carbonyl (C=O) groups excluding carboxylic acids is 1. The van der Waals surface area contributed by atoms with Crippen LogP contribution in [0.25, 0.3) is 0 Å². The second-order valence-corrected chi connectivity index (χ2v) is 8.08. The Hall–Kier alpha value is -2.05. The highest BCUT2D eigenvalue weighted by Crippen LogP contribution is 2.22. The van der Waals surface area contributed by atoms with Crippen molar-refractivity contribution in [1.29, 1.82) is 0 Å². The van der Waals surface area contributed by atoms with E-state index in [-0.39, 0.29) is 17.0 Å². The van der Waals surface area contributed by atoms with Gasteiger partial charge in [-0.3, -0.25) is 9.69 Å². The topological polar surface area (TPSA) is 35.6 Å². The number of hydrogen-bond acceptors (Lipinski definition) is 4. The van der Waals surface area contributed by atoms with Crippen LogP contribution in [0.3, 0.4) is 0 Å². The summed E-state index contributed by atoms with van der Waals surface area (Å²) in [6.07, 6.45) is 0. The Bertz CT molecular complexity index is 718. The third kappa shape index (κ3) is 5.97. The Morgan fingerprint density at radius 2 is 1.74 bits per heavy atom. The molecule has 0 spiro atoms. The lowest BCUT2D eigenvalue weighted by molar-refractivity contribution is -0.120. The quantitative estimate of drug-likeness (QED) is 0.740. The van der Waals surface area contributed by atoms with Crippen molar-refractivity contribution in [2.75, 3.05) is 44.2 Å². The van der Waals surface area contributed by atoms with Gasteiger partial charge in [-0.1, -0.05) is 18.2 Å². The number of carbonyl (C=O) groups is 1. The smallest absolute Gasteiger partial charge is 0.233 e. The molecule has 3 rings (SSSR count). The van der Waals surface area contributed by atoms with E-state index in [2.05, 4.69) is 15.1 Å². The summed E-state index contributed by atoms with van der Waals surface area (Å²) in [7, 11) is 0. The molecule has 0 aliphatic carbocycles. The van der Waals surface area contributed by atoms with Crippen molar-refractivity contribution in [3.63, 3.8) is 0 Å². The van der Waals surface area contributed by atoms with Crippen molar-refractivity contribution in [2.45, 2.75) is 17.1 Å². The number of hydrogen-bond donors (Lipinski definition) is 1. The molecule has 2 aromatic carbocycles. The highest BCUT2D eigenvalue weighted by molar-refractivity contribution is 8.00. The van der Waals surface area contributed by atoms with E-state index in [1.807, 2.05) is 49.4 Å². The maximum Gasteiger partial charge on any atom is 0.233 e. The third-order valence-corrected chi connectivity index (χ3v) is 5.83. The van der Waals surface area contributed by atoms with Crippen LogP contribution in [0, 0.1) is 5.82 Å². The normalized spacial score (nSPS) is 16.1. The molecule has 0 bridgehead atoms. The summed E-state index contributed by atoms with van der Waals surface area (Å²) >= 11 is 1.58. The number of halogens is 1. The van der Waals surface area contributed by atoms with Gasteiger partial charge in [0.05, 0.1) is 5.25 Å². The molecule has 6 heteroatoms. The first-order valence-corrected chi connectivity index (χ1v) is 10.2. The van der Waals surface area contributed by atoms with Gasteiger partial charge in [0, 0.05) is 49.9 Å². The summed E-state index contributed by atoms with van der Waals surface area (Å²) in [4.78, 5) is 18.0. The number of anilines is 1. The molecule has 1 aliphatic rings. The predicted octanol–water partition coefficient (Wildman–Crippen LogP) is 3.24. The summed E-state index contributed by atoms with van der Waals surface area (Å²) in [5.74, 6) is -0.124. The molecule has 1 fully saturated rings. The Morgan fingerprint density at radius 3 is 2.41 bits per heavy atom. The SMILES string of the molecule is CC(Sc1ccccc1)C(=O)NCCN1CCN(c2ccc(F)cc2)CC1. The van der Waals surface area contributed by atoms with Gasteiger partial charge in [0.15, 0.2) is 0 Å². The molecule has 4 nitrogen and oxygen atoms in total. The minimum atomic E-state index is -0.201. The molecule has 1 heterocycles. The predicted molar refractivity (Wildman–Crippen MR) is 110 cm³/mol. The number of nitrogens with one attached hydrogen (secondary N) is 1. The van der Waals surface area contributed by atoms with Gasteiger partial charge in [-0.05, 0) is 43.3 Å². The third-order valence-electron chi connectivity index (χ3n) is 4.72. The fourth-order valence-electron chi connectivity index (χ4n) is 3.12. The van der Waals surface area contributed by atoms with Gasteiger partial charge >= 0.3 is 0 Å². The summed E-state index contributed by atoms with van der Waals surface area (Å²) < 4.78 is 13.0. The average Bonchev–Trinajstić information content (AvgIpc) is 2.70. The van der Waals surface area contributed by atoms with E-state index >= 15 is 0 Å². The summed E-state index contributed by atoms with van der Waals surface area (Å²) in [5.41, 5.74) is 1.07. The van der Waals surface area contributed by atoms with Crippen molar-refractivity contribution < 1.29 is 9.18 Å². The zero-order chi connectivity index (χ0) is 19.1. The number of nitrogens with zero attached hydrogens (tertiary/aromatic N) is 2. The molecule has 1 N–H and O–H groups in total. The summed E-state index contributed by atoms with van der Waals surface area (Å²) in [6, 6.07) is 16.7. The van der Waals surface area contributed by atoms with Crippen LogP contribution < -0.4 is 10.2 Å². The molecule has 1 amide bonds. The van der Waals surface area contributed by atoms with E-state index in [4.69, 9.17) is 0 Å². The zero-order valence-corrected chi connectivity index (χ0v) is 16.4. The van der Waals surface area contributed by atoms with Gasteiger partial charge < -0.3 is 10.2 Å². The molecule has 27 heavy (non-hydrogen) atoms. The van der Waals surface area contributed by atoms with Crippen molar-refractivity contribution in [2.24, 2.45) is 0 Å². The number of amides is 1. The van der Waals surface area contributed by atoms with Gasteiger partial charge in [0.2, 0.25) is 5.91 Å². The van der Waals surface area contributed by atoms with Gasteiger partial charge in [0.1, 0.15) is 5.82 Å². The van der Waals surface area contributed by atoms with E-state index in [1.165, 1.54) is 12.1 Å². The molecule has 1 atom stereocenters.